The first-order valence-corrected chi connectivity index (χ1v) is 5.53. The Morgan fingerprint density at radius 2 is 2.33 bits per heavy atom. The topological polar surface area (TPSA) is 71.8 Å². The van der Waals surface area contributed by atoms with Gasteiger partial charge in [0.05, 0.1) is 24.8 Å². The normalized spacial score (nSPS) is 16.8. The molecular formula is C13H13NO4. The van der Waals surface area contributed by atoms with E-state index in [0.717, 1.165) is 0 Å². The second-order valence-corrected chi connectivity index (χ2v) is 3.98. The number of nitrogens with zero attached hydrogens (tertiary/aromatic N) is 1. The van der Waals surface area contributed by atoms with E-state index in [-0.39, 0.29) is 17.2 Å². The summed E-state index contributed by atoms with van der Waals surface area (Å²) in [7, 11) is 1.29. The van der Waals surface area contributed by atoms with E-state index in [2.05, 4.69) is 4.74 Å². The molecule has 5 heteroatoms. The van der Waals surface area contributed by atoms with Gasteiger partial charge in [0.25, 0.3) is 0 Å². The van der Waals surface area contributed by atoms with Crippen LogP contribution in [-0.4, -0.2) is 32.4 Å². The highest BCUT2D eigenvalue weighted by molar-refractivity contribution is 5.93. The van der Waals surface area contributed by atoms with E-state index in [1.165, 1.54) is 7.11 Å². The quantitative estimate of drug-likeness (QED) is 0.594. The highest BCUT2D eigenvalue weighted by Gasteiger charge is 2.24. The van der Waals surface area contributed by atoms with Crippen molar-refractivity contribution in [2.24, 2.45) is 0 Å². The molecule has 1 aromatic rings. The van der Waals surface area contributed by atoms with Gasteiger partial charge in [0.2, 0.25) is 0 Å². The van der Waals surface area contributed by atoms with Gasteiger partial charge in [-0.05, 0) is 19.1 Å². The first-order chi connectivity index (χ1) is 8.67. The lowest BCUT2D eigenvalue weighted by Gasteiger charge is -2.11. The zero-order valence-corrected chi connectivity index (χ0v) is 10.2. The highest BCUT2D eigenvalue weighted by atomic mass is 16.6. The minimum Gasteiger partial charge on any atom is -0.490 e. The third kappa shape index (κ3) is 2.44. The van der Waals surface area contributed by atoms with Crippen LogP contribution in [0.1, 0.15) is 21.5 Å². The average Bonchev–Trinajstić information content (AvgIpc) is 3.20. The van der Waals surface area contributed by atoms with Crippen molar-refractivity contribution >= 4 is 5.97 Å². The van der Waals surface area contributed by atoms with E-state index in [1.807, 2.05) is 6.07 Å². The Labute approximate surface area is 105 Å². The van der Waals surface area contributed by atoms with E-state index in [1.54, 1.807) is 19.1 Å². The summed E-state index contributed by atoms with van der Waals surface area (Å²) >= 11 is 0. The number of hydrogen-bond donors (Lipinski definition) is 0. The summed E-state index contributed by atoms with van der Waals surface area (Å²) in [6.07, 6.45) is 0.148. The van der Waals surface area contributed by atoms with Crippen LogP contribution < -0.4 is 4.74 Å². The number of nitriles is 1. The van der Waals surface area contributed by atoms with Crippen molar-refractivity contribution in [1.29, 1.82) is 5.26 Å². The van der Waals surface area contributed by atoms with Crippen molar-refractivity contribution in [3.63, 3.8) is 0 Å². The summed E-state index contributed by atoms with van der Waals surface area (Å²) in [5.74, 6) is 0.0708. The molecule has 0 amide bonds. The van der Waals surface area contributed by atoms with Crippen molar-refractivity contribution in [2.75, 3.05) is 20.3 Å². The van der Waals surface area contributed by atoms with Gasteiger partial charge in [-0.1, -0.05) is 0 Å². The molecule has 0 bridgehead atoms. The lowest BCUT2D eigenvalue weighted by molar-refractivity contribution is 0.0600. The van der Waals surface area contributed by atoms with Crippen LogP contribution in [0.15, 0.2) is 12.1 Å². The van der Waals surface area contributed by atoms with Gasteiger partial charge in [-0.25, -0.2) is 4.79 Å². The lowest BCUT2D eigenvalue weighted by Crippen LogP contribution is -2.09. The molecule has 5 nitrogen and oxygen atoms in total. The standard InChI is InChI=1S/C13H13NO4/c1-8-11(5-14)10(13(15)16-2)3-4-12(8)18-7-9-6-17-9/h3-4,9H,6-7H2,1-2H3/t9-/m1/s1. The molecule has 0 aromatic heterocycles. The van der Waals surface area contributed by atoms with Gasteiger partial charge in [-0.15, -0.1) is 0 Å². The van der Waals surface area contributed by atoms with Gasteiger partial charge in [-0.2, -0.15) is 5.26 Å². The second-order valence-electron chi connectivity index (χ2n) is 3.98. The molecule has 0 aliphatic carbocycles. The van der Waals surface area contributed by atoms with Crippen LogP contribution in [0, 0.1) is 18.3 Å². The molecule has 1 atom stereocenters. The number of carbonyl (C=O) groups excluding carboxylic acids is 1. The van der Waals surface area contributed by atoms with Crippen LogP contribution in [0.25, 0.3) is 0 Å². The van der Waals surface area contributed by atoms with E-state index >= 15 is 0 Å². The molecule has 0 saturated carbocycles. The Morgan fingerprint density at radius 3 is 2.89 bits per heavy atom. The summed E-state index contributed by atoms with van der Waals surface area (Å²) in [5, 5.41) is 9.12. The van der Waals surface area contributed by atoms with Gasteiger partial charge < -0.3 is 14.2 Å². The third-order valence-electron chi connectivity index (χ3n) is 2.76. The molecule has 1 fully saturated rings. The SMILES string of the molecule is COC(=O)c1ccc(OC[C@H]2CO2)c(C)c1C#N. The maximum Gasteiger partial charge on any atom is 0.339 e. The van der Waals surface area contributed by atoms with Gasteiger partial charge >= 0.3 is 5.97 Å². The summed E-state index contributed by atoms with van der Waals surface area (Å²) < 4.78 is 15.2. The van der Waals surface area contributed by atoms with Gasteiger partial charge in [-0.3, -0.25) is 0 Å². The molecule has 1 heterocycles. The average molecular weight is 247 g/mol. The maximum atomic E-state index is 11.5. The first kappa shape index (κ1) is 12.4. The summed E-state index contributed by atoms with van der Waals surface area (Å²) in [6, 6.07) is 5.22. The Morgan fingerprint density at radius 1 is 1.61 bits per heavy atom. The summed E-state index contributed by atoms with van der Waals surface area (Å²) in [4.78, 5) is 11.5. The van der Waals surface area contributed by atoms with Gasteiger partial charge in [0.1, 0.15) is 24.5 Å². The van der Waals surface area contributed by atoms with Crippen LogP contribution in [0.5, 0.6) is 5.75 Å². The van der Waals surface area contributed by atoms with Crippen molar-refractivity contribution in [1.82, 2.24) is 0 Å². The molecule has 1 aliphatic heterocycles. The van der Waals surface area contributed by atoms with Crippen LogP contribution in [0.4, 0.5) is 0 Å². The van der Waals surface area contributed by atoms with E-state index in [9.17, 15) is 4.79 Å². The number of methoxy groups -OCH3 is 1. The summed E-state index contributed by atoms with van der Waals surface area (Å²) in [5.41, 5.74) is 1.18. The molecule has 94 valence electrons. The first-order valence-electron chi connectivity index (χ1n) is 5.53. The fourth-order valence-electron chi connectivity index (χ4n) is 1.62. The van der Waals surface area contributed by atoms with Crippen LogP contribution >= 0.6 is 0 Å². The van der Waals surface area contributed by atoms with Crippen molar-refractivity contribution in [3.05, 3.63) is 28.8 Å². The van der Waals surface area contributed by atoms with Crippen molar-refractivity contribution in [2.45, 2.75) is 13.0 Å². The van der Waals surface area contributed by atoms with E-state index in [0.29, 0.717) is 24.5 Å². The zero-order valence-electron chi connectivity index (χ0n) is 10.2. The molecule has 0 unspecified atom stereocenters. The minimum absolute atomic E-state index is 0.148. The molecule has 0 radical (unpaired) electrons. The van der Waals surface area contributed by atoms with Crippen molar-refractivity contribution in [3.8, 4) is 11.8 Å². The molecule has 1 saturated heterocycles. The largest absolute Gasteiger partial charge is 0.490 e. The molecule has 0 spiro atoms. The van der Waals surface area contributed by atoms with Gasteiger partial charge in [0.15, 0.2) is 0 Å². The lowest BCUT2D eigenvalue weighted by atomic mass is 10.0. The number of carbonyl (C=O) groups is 1. The molecule has 1 aromatic carbocycles. The summed E-state index contributed by atoms with van der Waals surface area (Å²) in [6.45, 7) is 2.92. The smallest absolute Gasteiger partial charge is 0.339 e. The predicted octanol–water partition coefficient (Wildman–Crippen LogP) is 1.43. The monoisotopic (exact) mass is 247 g/mol. The number of ether oxygens (including phenoxy) is 3. The van der Waals surface area contributed by atoms with Crippen LogP contribution in [-0.2, 0) is 9.47 Å². The number of epoxide rings is 1. The van der Waals surface area contributed by atoms with Gasteiger partial charge in [0, 0.05) is 5.56 Å². The third-order valence-corrected chi connectivity index (χ3v) is 2.76. The highest BCUT2D eigenvalue weighted by Crippen LogP contribution is 2.26. The number of hydrogen-bond acceptors (Lipinski definition) is 5. The maximum absolute atomic E-state index is 11.5. The molecule has 18 heavy (non-hydrogen) atoms. The molecule has 0 N–H and O–H groups in total. The van der Waals surface area contributed by atoms with Crippen LogP contribution in [0.2, 0.25) is 0 Å². The fraction of sp³-hybridized carbons (Fsp3) is 0.385. The molecule has 2 rings (SSSR count). The second kappa shape index (κ2) is 5.07. The number of esters is 1. The minimum atomic E-state index is -0.522. The fourth-order valence-corrected chi connectivity index (χ4v) is 1.62. The molecule has 1 aliphatic rings. The Balaban J connectivity index is 2.28. The Hall–Kier alpha value is -2.06. The van der Waals surface area contributed by atoms with Crippen molar-refractivity contribution < 1.29 is 19.0 Å². The number of benzene rings is 1. The Kier molecular flexibility index (Phi) is 3.49. The molecular weight excluding hydrogens is 234 g/mol. The predicted molar refractivity (Wildman–Crippen MR) is 62.5 cm³/mol. The zero-order chi connectivity index (χ0) is 13.1. The van der Waals surface area contributed by atoms with Crippen LogP contribution in [0.3, 0.4) is 0 Å². The number of rotatable bonds is 4. The Bertz CT molecular complexity index is 514. The van der Waals surface area contributed by atoms with E-state index < -0.39 is 5.97 Å². The van der Waals surface area contributed by atoms with E-state index in [4.69, 9.17) is 14.7 Å².